The number of rotatable bonds is 4. The van der Waals surface area contributed by atoms with Crippen LogP contribution in [0.4, 0.5) is 23.8 Å². The number of hydrogen-bond acceptors (Lipinski definition) is 6. The maximum atomic E-state index is 13.3. The molecule has 1 aromatic heterocycles. The van der Waals surface area contributed by atoms with E-state index in [1.165, 1.54) is 24.1 Å². The van der Waals surface area contributed by atoms with Crippen molar-refractivity contribution in [1.82, 2.24) is 15.6 Å². The number of aromatic nitrogens is 1. The lowest BCUT2D eigenvalue weighted by Crippen LogP contribution is -2.51. The minimum atomic E-state index is -4.57. The first-order valence-corrected chi connectivity index (χ1v) is 9.88. The van der Waals surface area contributed by atoms with E-state index in [2.05, 4.69) is 15.6 Å². The molecule has 0 aromatic carbocycles. The molecular formula is C20H27F3N4O4. The summed E-state index contributed by atoms with van der Waals surface area (Å²) in [5.41, 5.74) is -1.43. The lowest BCUT2D eigenvalue weighted by atomic mass is 9.97. The van der Waals surface area contributed by atoms with Gasteiger partial charge in [0.25, 0.3) is 5.91 Å². The number of nitrogens with one attached hydrogen (secondary N) is 2. The number of pyridine rings is 1. The van der Waals surface area contributed by atoms with Gasteiger partial charge >= 0.3 is 18.2 Å². The van der Waals surface area contributed by atoms with Gasteiger partial charge in [-0.25, -0.2) is 9.78 Å². The van der Waals surface area contributed by atoms with Gasteiger partial charge in [0, 0.05) is 24.8 Å². The Kier molecular flexibility index (Phi) is 7.50. The molecule has 172 valence electrons. The van der Waals surface area contributed by atoms with E-state index in [1.807, 2.05) is 0 Å². The number of urea groups is 1. The highest BCUT2D eigenvalue weighted by Gasteiger charge is 2.38. The van der Waals surface area contributed by atoms with Gasteiger partial charge in [-0.2, -0.15) is 13.2 Å². The summed E-state index contributed by atoms with van der Waals surface area (Å²) in [4.78, 5) is 41.7. The highest BCUT2D eigenvalue weighted by atomic mass is 19.4. The Hall–Kier alpha value is -2.85. The Balaban J connectivity index is 1.99. The highest BCUT2D eigenvalue weighted by molar-refractivity contribution is 5.97. The first-order valence-electron chi connectivity index (χ1n) is 9.88. The zero-order valence-electron chi connectivity index (χ0n) is 17.9. The number of alkyl halides is 3. The van der Waals surface area contributed by atoms with Gasteiger partial charge in [0.2, 0.25) is 0 Å². The fourth-order valence-corrected chi connectivity index (χ4v) is 3.14. The predicted octanol–water partition coefficient (Wildman–Crippen LogP) is 2.87. The molecule has 2 N–H and O–H groups in total. The minimum absolute atomic E-state index is 0.0161. The lowest BCUT2D eigenvalue weighted by molar-refractivity contribution is -0.158. The summed E-state index contributed by atoms with van der Waals surface area (Å²) in [7, 11) is 0. The topological polar surface area (TPSA) is 101 Å². The zero-order chi connectivity index (χ0) is 23.4. The molecule has 31 heavy (non-hydrogen) atoms. The van der Waals surface area contributed by atoms with Gasteiger partial charge in [0.15, 0.2) is 6.10 Å². The average molecular weight is 444 g/mol. The van der Waals surface area contributed by atoms with Crippen molar-refractivity contribution >= 4 is 23.7 Å². The van der Waals surface area contributed by atoms with Crippen LogP contribution in [0.15, 0.2) is 18.3 Å². The van der Waals surface area contributed by atoms with Gasteiger partial charge < -0.3 is 15.0 Å². The molecule has 3 amide bonds. The first kappa shape index (κ1) is 24.4. The fraction of sp³-hybridized carbons (Fsp3) is 0.600. The summed E-state index contributed by atoms with van der Waals surface area (Å²) in [6.45, 7) is 6.83. The standard InChI is InChI=1S/C20H27F3N4O4/c1-12(16(28)25-18(30)26-19(2,3)4)31-17(29)13-7-6-10-27(11-13)15-14(20(21,22)23)8-5-9-24-15/h5,8-9,12-13H,6-7,10-11H2,1-4H3,(H2,25,26,28,30). The van der Waals surface area contributed by atoms with Crippen LogP contribution in [0.25, 0.3) is 0 Å². The number of hydrogen-bond donors (Lipinski definition) is 2. The molecule has 2 rings (SSSR count). The van der Waals surface area contributed by atoms with E-state index < -0.39 is 47.2 Å². The van der Waals surface area contributed by atoms with E-state index >= 15 is 0 Å². The van der Waals surface area contributed by atoms with Crippen LogP contribution < -0.4 is 15.5 Å². The number of imide groups is 1. The number of carbonyl (C=O) groups is 3. The molecule has 0 saturated carbocycles. The number of esters is 1. The van der Waals surface area contributed by atoms with E-state index in [-0.39, 0.29) is 12.4 Å². The largest absolute Gasteiger partial charge is 0.452 e. The molecule has 1 aliphatic heterocycles. The molecule has 8 nitrogen and oxygen atoms in total. The van der Waals surface area contributed by atoms with E-state index in [4.69, 9.17) is 4.74 Å². The molecule has 2 unspecified atom stereocenters. The van der Waals surface area contributed by atoms with Crippen LogP contribution in [0.2, 0.25) is 0 Å². The fourth-order valence-electron chi connectivity index (χ4n) is 3.14. The summed E-state index contributed by atoms with van der Waals surface area (Å²) in [6.07, 6.45) is -3.68. The number of nitrogens with zero attached hydrogens (tertiary/aromatic N) is 2. The first-order chi connectivity index (χ1) is 14.3. The van der Waals surface area contributed by atoms with Gasteiger partial charge in [-0.05, 0) is 52.7 Å². The zero-order valence-corrected chi connectivity index (χ0v) is 17.9. The van der Waals surface area contributed by atoms with Crippen molar-refractivity contribution in [2.75, 3.05) is 18.0 Å². The average Bonchev–Trinajstić information content (AvgIpc) is 2.65. The quantitative estimate of drug-likeness (QED) is 0.693. The van der Waals surface area contributed by atoms with E-state index in [0.29, 0.717) is 19.4 Å². The van der Waals surface area contributed by atoms with Crippen molar-refractivity contribution in [2.45, 2.75) is 58.4 Å². The normalized spacial score (nSPS) is 18.2. The molecule has 1 aromatic rings. The van der Waals surface area contributed by atoms with Crippen LogP contribution in [0, 0.1) is 5.92 Å². The second-order valence-corrected chi connectivity index (χ2v) is 8.43. The van der Waals surface area contributed by atoms with Crippen molar-refractivity contribution in [1.29, 1.82) is 0 Å². The number of anilines is 1. The second-order valence-electron chi connectivity index (χ2n) is 8.43. The third kappa shape index (κ3) is 7.11. The summed E-state index contributed by atoms with van der Waals surface area (Å²) in [5.74, 6) is -2.48. The summed E-state index contributed by atoms with van der Waals surface area (Å²) >= 11 is 0. The predicted molar refractivity (Wildman–Crippen MR) is 106 cm³/mol. The monoisotopic (exact) mass is 444 g/mol. The van der Waals surface area contributed by atoms with Crippen LogP contribution in [0.1, 0.15) is 46.1 Å². The van der Waals surface area contributed by atoms with Crippen LogP contribution in [0.3, 0.4) is 0 Å². The number of piperidine rings is 1. The molecule has 2 atom stereocenters. The van der Waals surface area contributed by atoms with Crippen molar-refractivity contribution < 1.29 is 32.3 Å². The van der Waals surface area contributed by atoms with E-state index in [1.54, 1.807) is 20.8 Å². The van der Waals surface area contributed by atoms with E-state index in [9.17, 15) is 27.6 Å². The Labute approximate surface area is 178 Å². The van der Waals surface area contributed by atoms with Gasteiger partial charge in [-0.3, -0.25) is 14.9 Å². The molecule has 0 aliphatic carbocycles. The number of carbonyl (C=O) groups excluding carboxylic acids is 3. The molecule has 11 heteroatoms. The van der Waals surface area contributed by atoms with Crippen molar-refractivity contribution in [3.63, 3.8) is 0 Å². The Morgan fingerprint density at radius 1 is 1.26 bits per heavy atom. The van der Waals surface area contributed by atoms with Crippen LogP contribution in [-0.4, -0.2) is 47.6 Å². The maximum absolute atomic E-state index is 13.3. The lowest BCUT2D eigenvalue weighted by Gasteiger charge is -2.34. The summed E-state index contributed by atoms with van der Waals surface area (Å²) < 4.78 is 45.0. The van der Waals surface area contributed by atoms with Gasteiger partial charge in [0.05, 0.1) is 11.5 Å². The van der Waals surface area contributed by atoms with Crippen LogP contribution in [-0.2, 0) is 20.5 Å². The molecule has 0 radical (unpaired) electrons. The summed E-state index contributed by atoms with van der Waals surface area (Å²) in [5, 5.41) is 4.64. The molecule has 1 saturated heterocycles. The smallest absolute Gasteiger partial charge is 0.419 e. The van der Waals surface area contributed by atoms with E-state index in [0.717, 1.165) is 6.07 Å². The third-order valence-corrected chi connectivity index (χ3v) is 4.53. The molecule has 0 bridgehead atoms. The van der Waals surface area contributed by atoms with Gasteiger partial charge in [-0.1, -0.05) is 0 Å². The SMILES string of the molecule is CC(OC(=O)C1CCCN(c2ncccc2C(F)(F)F)C1)C(=O)NC(=O)NC(C)(C)C. The number of halogens is 3. The van der Waals surface area contributed by atoms with Crippen molar-refractivity contribution in [2.24, 2.45) is 5.92 Å². The van der Waals surface area contributed by atoms with Crippen molar-refractivity contribution in [3.8, 4) is 0 Å². The molecule has 1 fully saturated rings. The molecular weight excluding hydrogens is 417 g/mol. The number of ether oxygens (including phenoxy) is 1. The molecule has 1 aliphatic rings. The Bertz CT molecular complexity index is 823. The third-order valence-electron chi connectivity index (χ3n) is 4.53. The van der Waals surface area contributed by atoms with Gasteiger partial charge in [-0.15, -0.1) is 0 Å². The van der Waals surface area contributed by atoms with Gasteiger partial charge in [0.1, 0.15) is 5.82 Å². The summed E-state index contributed by atoms with van der Waals surface area (Å²) in [6, 6.07) is 1.43. The second kappa shape index (κ2) is 9.52. The molecule has 0 spiro atoms. The van der Waals surface area contributed by atoms with Crippen molar-refractivity contribution in [3.05, 3.63) is 23.9 Å². The minimum Gasteiger partial charge on any atom is -0.452 e. The number of amides is 3. The van der Waals surface area contributed by atoms with Crippen LogP contribution >= 0.6 is 0 Å². The highest BCUT2D eigenvalue weighted by Crippen LogP contribution is 2.36. The molecule has 2 heterocycles. The maximum Gasteiger partial charge on any atom is 0.419 e. The van der Waals surface area contributed by atoms with Crippen LogP contribution in [0.5, 0.6) is 0 Å². The Morgan fingerprint density at radius 3 is 2.55 bits per heavy atom. The Morgan fingerprint density at radius 2 is 1.94 bits per heavy atom.